The summed E-state index contributed by atoms with van der Waals surface area (Å²) in [6.45, 7) is 12.3. The predicted octanol–water partition coefficient (Wildman–Crippen LogP) is 4.38. The standard InChI is InChI=1S/C29H44N7O6P/c1-18(2)22-13-21(42-27(22)36-19(3)33-24-25(36)34-28(30)35-26(24)39-7)16-41-43(38,31-14-20-11-9-8-10-12-20)32-15-23(37)40-17-29(4,5)6/h8-12,18,21-22,27H,13-17H2,1-7H3,(H2,30,34,35)(H2,31,32,38). The highest BCUT2D eigenvalue weighted by molar-refractivity contribution is 7.54. The van der Waals surface area contributed by atoms with E-state index in [9.17, 15) is 9.36 Å². The smallest absolute Gasteiger partial charge is 0.341 e. The van der Waals surface area contributed by atoms with Crippen LogP contribution in [0.5, 0.6) is 5.88 Å². The van der Waals surface area contributed by atoms with Crippen molar-refractivity contribution in [3.05, 3.63) is 41.7 Å². The van der Waals surface area contributed by atoms with Gasteiger partial charge in [-0.25, -0.2) is 15.2 Å². The fourth-order valence-corrected chi connectivity index (χ4v) is 6.30. The van der Waals surface area contributed by atoms with Crippen LogP contribution in [0.1, 0.15) is 58.7 Å². The molecule has 0 saturated carbocycles. The number of ether oxygens (including phenoxy) is 3. The van der Waals surface area contributed by atoms with Crippen LogP contribution in [0.4, 0.5) is 5.95 Å². The van der Waals surface area contributed by atoms with E-state index in [4.69, 9.17) is 24.5 Å². The number of carbonyl (C=O) groups excluding carboxylic acids is 1. The van der Waals surface area contributed by atoms with Crippen molar-refractivity contribution in [2.24, 2.45) is 17.3 Å². The maximum Gasteiger partial charge on any atom is 0.341 e. The second-order valence-electron chi connectivity index (χ2n) is 12.3. The molecule has 4 rings (SSSR count). The first-order valence-electron chi connectivity index (χ1n) is 14.4. The topological polar surface area (TPSA) is 165 Å². The highest BCUT2D eigenvalue weighted by Gasteiger charge is 2.41. The fourth-order valence-electron chi connectivity index (χ4n) is 4.90. The Balaban J connectivity index is 1.50. The summed E-state index contributed by atoms with van der Waals surface area (Å²) in [7, 11) is -2.19. The second kappa shape index (κ2) is 13.7. The van der Waals surface area contributed by atoms with Gasteiger partial charge in [0, 0.05) is 12.5 Å². The van der Waals surface area contributed by atoms with Crippen LogP contribution in [-0.4, -0.2) is 58.5 Å². The number of anilines is 1. The highest BCUT2D eigenvalue weighted by atomic mass is 31.2. The second-order valence-corrected chi connectivity index (χ2v) is 14.3. The number of imidazole rings is 1. The molecule has 0 bridgehead atoms. The monoisotopic (exact) mass is 617 g/mol. The first kappa shape index (κ1) is 32.8. The molecule has 13 nitrogen and oxygen atoms in total. The maximum absolute atomic E-state index is 13.9. The third kappa shape index (κ3) is 8.51. The molecule has 4 atom stereocenters. The first-order chi connectivity index (χ1) is 20.3. The number of nitrogens with zero attached hydrogens (tertiary/aromatic N) is 4. The molecule has 0 amide bonds. The summed E-state index contributed by atoms with van der Waals surface area (Å²) in [6, 6.07) is 9.53. The zero-order valence-electron chi connectivity index (χ0n) is 26.0. The Hall–Kier alpha value is -3.09. The molecule has 0 radical (unpaired) electrons. The van der Waals surface area contributed by atoms with Gasteiger partial charge in [0.2, 0.25) is 11.8 Å². The van der Waals surface area contributed by atoms with Crippen LogP contribution in [0, 0.1) is 24.2 Å². The van der Waals surface area contributed by atoms with Crippen LogP contribution in [0.2, 0.25) is 0 Å². The molecule has 1 saturated heterocycles. The molecule has 1 aliphatic heterocycles. The van der Waals surface area contributed by atoms with Crippen LogP contribution in [-0.2, 0) is 29.9 Å². The van der Waals surface area contributed by atoms with Crippen molar-refractivity contribution in [1.29, 1.82) is 0 Å². The van der Waals surface area contributed by atoms with Crippen molar-refractivity contribution in [3.63, 3.8) is 0 Å². The van der Waals surface area contributed by atoms with Crippen LogP contribution >= 0.6 is 7.67 Å². The summed E-state index contributed by atoms with van der Waals surface area (Å²) in [4.78, 5) is 25.7. The third-order valence-corrected chi connectivity index (χ3v) is 8.77. The minimum Gasteiger partial charge on any atom is -0.479 e. The molecule has 3 aromatic rings. The number of aromatic nitrogens is 4. The number of nitrogens with one attached hydrogen (secondary N) is 2. The molecule has 43 heavy (non-hydrogen) atoms. The molecular weight excluding hydrogens is 573 g/mol. The number of carbonyl (C=O) groups is 1. The minimum atomic E-state index is -3.70. The molecule has 3 heterocycles. The van der Waals surface area contributed by atoms with E-state index in [2.05, 4.69) is 39.0 Å². The number of esters is 1. The van der Waals surface area contributed by atoms with Crippen LogP contribution in [0.25, 0.3) is 11.2 Å². The van der Waals surface area contributed by atoms with Crippen molar-refractivity contribution in [1.82, 2.24) is 29.7 Å². The van der Waals surface area contributed by atoms with Gasteiger partial charge >= 0.3 is 13.6 Å². The van der Waals surface area contributed by atoms with Crippen LogP contribution in [0.15, 0.2) is 30.3 Å². The van der Waals surface area contributed by atoms with Crippen molar-refractivity contribution < 1.29 is 28.1 Å². The highest BCUT2D eigenvalue weighted by Crippen LogP contribution is 2.44. The normalized spacial score (nSPS) is 20.4. The molecular formula is C29H44N7O6P. The Morgan fingerprint density at radius 1 is 1.19 bits per heavy atom. The van der Waals surface area contributed by atoms with E-state index in [1.165, 1.54) is 7.11 Å². The van der Waals surface area contributed by atoms with Gasteiger partial charge in [0.25, 0.3) is 0 Å². The Morgan fingerprint density at radius 2 is 1.91 bits per heavy atom. The lowest BCUT2D eigenvalue weighted by Gasteiger charge is -2.24. The SMILES string of the molecule is COc1nc(N)nc2c1nc(C)n2C1OC(COP(=O)(NCC(=O)OCC(C)(C)C)NCc2ccccc2)CC1C(C)C. The Bertz CT molecular complexity index is 1440. The number of fused-ring (bicyclic) bond motifs is 1. The first-order valence-corrected chi connectivity index (χ1v) is 16.1. The van der Waals surface area contributed by atoms with Crippen molar-refractivity contribution in [2.75, 3.05) is 32.6 Å². The Morgan fingerprint density at radius 3 is 2.56 bits per heavy atom. The van der Waals surface area contributed by atoms with E-state index < -0.39 is 26.0 Å². The van der Waals surface area contributed by atoms with E-state index in [-0.39, 0.29) is 49.5 Å². The zero-order chi connectivity index (χ0) is 31.4. The van der Waals surface area contributed by atoms with Crippen LogP contribution < -0.4 is 20.6 Å². The van der Waals surface area contributed by atoms with E-state index in [0.717, 1.165) is 5.56 Å². The zero-order valence-corrected chi connectivity index (χ0v) is 26.9. The molecule has 0 spiro atoms. The van der Waals surface area contributed by atoms with Gasteiger partial charge < -0.3 is 24.5 Å². The summed E-state index contributed by atoms with van der Waals surface area (Å²) >= 11 is 0. The number of aryl methyl sites for hydroxylation is 1. The van der Waals surface area contributed by atoms with E-state index in [1.54, 1.807) is 0 Å². The minimum absolute atomic E-state index is 0.0228. The lowest BCUT2D eigenvalue weighted by atomic mass is 9.91. The van der Waals surface area contributed by atoms with E-state index in [1.807, 2.05) is 62.6 Å². The maximum atomic E-state index is 13.9. The fraction of sp³-hybridized carbons (Fsp3) is 0.586. The van der Waals surface area contributed by atoms with Crippen LogP contribution in [0.3, 0.4) is 0 Å². The number of nitrogens with two attached hydrogens (primary N) is 1. The van der Waals surface area contributed by atoms with Gasteiger partial charge in [-0.15, -0.1) is 0 Å². The predicted molar refractivity (Wildman–Crippen MR) is 163 cm³/mol. The summed E-state index contributed by atoms with van der Waals surface area (Å²) < 4.78 is 39.1. The molecule has 1 aliphatic rings. The van der Waals surface area contributed by atoms with Gasteiger partial charge in [0.1, 0.15) is 18.6 Å². The van der Waals surface area contributed by atoms with Crippen molar-refractivity contribution in [3.8, 4) is 5.88 Å². The average molecular weight is 618 g/mol. The Kier molecular flexibility index (Phi) is 10.4. The Labute approximate surface area is 252 Å². The number of benzene rings is 1. The lowest BCUT2D eigenvalue weighted by molar-refractivity contribution is -0.144. The average Bonchev–Trinajstić information content (AvgIpc) is 3.52. The lowest BCUT2D eigenvalue weighted by Crippen LogP contribution is -2.32. The summed E-state index contributed by atoms with van der Waals surface area (Å²) in [5.41, 5.74) is 7.72. The molecule has 2 aromatic heterocycles. The molecule has 4 unspecified atom stereocenters. The number of hydrogen-bond acceptors (Lipinski definition) is 10. The summed E-state index contributed by atoms with van der Waals surface area (Å²) in [5.74, 6) is 0.839. The van der Waals surface area contributed by atoms with Gasteiger partial charge in [-0.05, 0) is 30.2 Å². The van der Waals surface area contributed by atoms with E-state index in [0.29, 0.717) is 29.3 Å². The molecule has 0 aliphatic carbocycles. The van der Waals surface area contributed by atoms with E-state index >= 15 is 0 Å². The molecule has 1 fully saturated rings. The molecule has 4 N–H and O–H groups in total. The quantitative estimate of drug-likeness (QED) is 0.183. The molecule has 14 heteroatoms. The number of rotatable bonds is 13. The summed E-state index contributed by atoms with van der Waals surface area (Å²) in [6.07, 6.45) is -0.169. The third-order valence-electron chi connectivity index (χ3n) is 7.11. The van der Waals surface area contributed by atoms with Crippen molar-refractivity contribution >= 4 is 30.8 Å². The molecule has 1 aromatic carbocycles. The van der Waals surface area contributed by atoms with Gasteiger partial charge in [0.05, 0.1) is 26.4 Å². The summed E-state index contributed by atoms with van der Waals surface area (Å²) in [5, 5.41) is 5.77. The number of hydrogen-bond donors (Lipinski definition) is 3. The van der Waals surface area contributed by atoms with Gasteiger partial charge in [-0.2, -0.15) is 9.97 Å². The molecule has 236 valence electrons. The van der Waals surface area contributed by atoms with Gasteiger partial charge in [-0.3, -0.25) is 13.9 Å². The van der Waals surface area contributed by atoms with Gasteiger partial charge in [0.15, 0.2) is 11.2 Å². The number of nitrogen functional groups attached to an aromatic ring is 1. The number of methoxy groups -OCH3 is 1. The largest absolute Gasteiger partial charge is 0.479 e. The van der Waals surface area contributed by atoms with Crippen molar-refractivity contribution in [2.45, 2.75) is 66.8 Å². The van der Waals surface area contributed by atoms with Gasteiger partial charge in [-0.1, -0.05) is 65.0 Å².